The van der Waals surface area contributed by atoms with Crippen molar-refractivity contribution in [3.8, 4) is 5.75 Å². The number of imidazole rings is 1. The maximum atomic E-state index is 10.0. The van der Waals surface area contributed by atoms with Gasteiger partial charge >= 0.3 is 0 Å². The lowest BCUT2D eigenvalue weighted by molar-refractivity contribution is 0.477. The zero-order chi connectivity index (χ0) is 17.8. The van der Waals surface area contributed by atoms with Crippen molar-refractivity contribution in [1.29, 1.82) is 0 Å². The molecule has 1 aromatic carbocycles. The van der Waals surface area contributed by atoms with E-state index in [4.69, 9.17) is 0 Å². The maximum Gasteiger partial charge on any atom is 0.183 e. The third-order valence-corrected chi connectivity index (χ3v) is 4.19. The van der Waals surface area contributed by atoms with Crippen LogP contribution in [-0.2, 0) is 6.42 Å². The number of fused-ring (bicyclic) bond motifs is 1. The molecule has 1 N–H and O–H groups in total. The summed E-state index contributed by atoms with van der Waals surface area (Å²) in [5.74, 6) is 0.992. The van der Waals surface area contributed by atoms with E-state index in [2.05, 4.69) is 48.1 Å². The number of aryl methyl sites for hydroxylation is 1. The second-order valence-electron chi connectivity index (χ2n) is 6.53. The second kappa shape index (κ2) is 7.47. The van der Waals surface area contributed by atoms with Gasteiger partial charge in [-0.05, 0) is 48.6 Å². The average molecular weight is 336 g/mol. The van der Waals surface area contributed by atoms with Crippen LogP contribution in [0.1, 0.15) is 50.8 Å². The minimum absolute atomic E-state index is 0.145. The summed E-state index contributed by atoms with van der Waals surface area (Å²) in [6.45, 7) is 6.31. The van der Waals surface area contributed by atoms with Gasteiger partial charge in [-0.1, -0.05) is 39.3 Å². The Labute approximate surface area is 148 Å². The summed E-state index contributed by atoms with van der Waals surface area (Å²) >= 11 is 0. The summed E-state index contributed by atoms with van der Waals surface area (Å²) < 4.78 is 1.78. The molecule has 0 spiro atoms. The molecule has 2 aromatic heterocycles. The fourth-order valence-corrected chi connectivity index (χ4v) is 2.76. The lowest BCUT2D eigenvalue weighted by Gasteiger charge is -2.02. The first kappa shape index (κ1) is 17.1. The van der Waals surface area contributed by atoms with Gasteiger partial charge in [0.05, 0.1) is 11.4 Å². The third-order valence-electron chi connectivity index (χ3n) is 4.19. The Kier molecular flexibility index (Phi) is 5.12. The maximum absolute atomic E-state index is 10.0. The van der Waals surface area contributed by atoms with Crippen molar-refractivity contribution in [2.75, 3.05) is 0 Å². The molecule has 2 heterocycles. The van der Waals surface area contributed by atoms with Gasteiger partial charge in [-0.15, -0.1) is 10.2 Å². The number of pyridine rings is 1. The standard InChI is InChI=1S/C20H24N4O/c1-4-5-7-15-9-11-16(12-10-15)22-23-20-18(14(2)3)21-19-17(25)8-6-13-24(19)20/h6,8-14,25H,4-5,7H2,1-3H3. The van der Waals surface area contributed by atoms with Crippen LogP contribution in [0.25, 0.3) is 5.65 Å². The van der Waals surface area contributed by atoms with Gasteiger partial charge in [0, 0.05) is 6.20 Å². The van der Waals surface area contributed by atoms with E-state index in [1.165, 1.54) is 18.4 Å². The van der Waals surface area contributed by atoms with E-state index >= 15 is 0 Å². The van der Waals surface area contributed by atoms with Gasteiger partial charge < -0.3 is 5.11 Å². The molecular formula is C20H24N4O. The fourth-order valence-electron chi connectivity index (χ4n) is 2.76. The van der Waals surface area contributed by atoms with Crippen molar-refractivity contribution in [3.63, 3.8) is 0 Å². The van der Waals surface area contributed by atoms with Gasteiger partial charge in [0.2, 0.25) is 0 Å². The van der Waals surface area contributed by atoms with Gasteiger partial charge in [-0.3, -0.25) is 4.40 Å². The van der Waals surface area contributed by atoms with E-state index in [0.29, 0.717) is 11.5 Å². The van der Waals surface area contributed by atoms with Crippen LogP contribution in [0.4, 0.5) is 11.5 Å². The highest BCUT2D eigenvalue weighted by Gasteiger charge is 2.16. The largest absolute Gasteiger partial charge is 0.504 e. The summed E-state index contributed by atoms with van der Waals surface area (Å²) in [6, 6.07) is 11.6. The summed E-state index contributed by atoms with van der Waals surface area (Å²) in [4.78, 5) is 4.53. The topological polar surface area (TPSA) is 62.2 Å². The third kappa shape index (κ3) is 3.71. The highest BCUT2D eigenvalue weighted by atomic mass is 16.3. The zero-order valence-electron chi connectivity index (χ0n) is 15.0. The first-order valence-corrected chi connectivity index (χ1v) is 8.80. The van der Waals surface area contributed by atoms with Crippen LogP contribution in [0.2, 0.25) is 0 Å². The predicted molar refractivity (Wildman–Crippen MR) is 100 cm³/mol. The van der Waals surface area contributed by atoms with Crippen molar-refractivity contribution in [3.05, 3.63) is 53.9 Å². The molecule has 0 aliphatic carbocycles. The number of aromatic hydroxyl groups is 1. The lowest BCUT2D eigenvalue weighted by atomic mass is 10.1. The molecule has 130 valence electrons. The molecule has 5 nitrogen and oxygen atoms in total. The van der Waals surface area contributed by atoms with Crippen molar-refractivity contribution in [1.82, 2.24) is 9.38 Å². The van der Waals surface area contributed by atoms with E-state index < -0.39 is 0 Å². The number of azo groups is 1. The normalized spacial score (nSPS) is 11.8. The van der Waals surface area contributed by atoms with Gasteiger partial charge in [-0.2, -0.15) is 0 Å². The first-order chi connectivity index (χ1) is 12.1. The number of benzene rings is 1. The molecule has 25 heavy (non-hydrogen) atoms. The summed E-state index contributed by atoms with van der Waals surface area (Å²) in [6.07, 6.45) is 5.33. The minimum Gasteiger partial charge on any atom is -0.504 e. The number of unbranched alkanes of at least 4 members (excludes halogenated alkanes) is 1. The fraction of sp³-hybridized carbons (Fsp3) is 0.350. The predicted octanol–water partition coefficient (Wildman–Crippen LogP) is 5.92. The number of hydrogen-bond donors (Lipinski definition) is 1. The van der Waals surface area contributed by atoms with Crippen LogP contribution in [-0.4, -0.2) is 14.5 Å². The average Bonchev–Trinajstić information content (AvgIpc) is 2.99. The van der Waals surface area contributed by atoms with Crippen molar-refractivity contribution in [2.45, 2.75) is 46.0 Å². The van der Waals surface area contributed by atoms with Crippen LogP contribution in [0.3, 0.4) is 0 Å². The van der Waals surface area contributed by atoms with Crippen LogP contribution in [0.15, 0.2) is 52.8 Å². The Bertz CT molecular complexity index is 879. The minimum atomic E-state index is 0.145. The molecule has 0 atom stereocenters. The van der Waals surface area contributed by atoms with Crippen LogP contribution < -0.4 is 0 Å². The van der Waals surface area contributed by atoms with Crippen molar-refractivity contribution >= 4 is 17.2 Å². The van der Waals surface area contributed by atoms with Crippen molar-refractivity contribution < 1.29 is 5.11 Å². The van der Waals surface area contributed by atoms with Crippen molar-refractivity contribution in [2.24, 2.45) is 10.2 Å². The van der Waals surface area contributed by atoms with E-state index in [-0.39, 0.29) is 11.7 Å². The van der Waals surface area contributed by atoms with Gasteiger partial charge in [0.25, 0.3) is 0 Å². The molecule has 0 saturated carbocycles. The Hall–Kier alpha value is -2.69. The van der Waals surface area contributed by atoms with E-state index in [1.807, 2.05) is 18.3 Å². The molecular weight excluding hydrogens is 312 g/mol. The molecule has 0 amide bonds. The molecule has 0 bridgehead atoms. The van der Waals surface area contributed by atoms with E-state index in [0.717, 1.165) is 17.8 Å². The van der Waals surface area contributed by atoms with Gasteiger partial charge in [0.15, 0.2) is 17.2 Å². The Morgan fingerprint density at radius 2 is 1.88 bits per heavy atom. The quantitative estimate of drug-likeness (QED) is 0.568. The van der Waals surface area contributed by atoms with E-state index in [1.54, 1.807) is 16.5 Å². The molecule has 3 aromatic rings. The Balaban J connectivity index is 1.92. The highest BCUT2D eigenvalue weighted by Crippen LogP contribution is 2.32. The van der Waals surface area contributed by atoms with E-state index in [9.17, 15) is 5.11 Å². The number of hydrogen-bond acceptors (Lipinski definition) is 4. The second-order valence-corrected chi connectivity index (χ2v) is 6.53. The summed E-state index contributed by atoms with van der Waals surface area (Å²) in [5.41, 5.74) is 3.47. The molecule has 0 radical (unpaired) electrons. The Morgan fingerprint density at radius 1 is 1.12 bits per heavy atom. The first-order valence-electron chi connectivity index (χ1n) is 8.80. The molecule has 0 aliphatic heterocycles. The summed E-state index contributed by atoms with van der Waals surface area (Å²) in [5, 5.41) is 18.8. The number of aromatic nitrogens is 2. The molecule has 3 rings (SSSR count). The highest BCUT2D eigenvalue weighted by molar-refractivity contribution is 5.60. The molecule has 0 aliphatic rings. The molecule has 0 saturated heterocycles. The zero-order valence-corrected chi connectivity index (χ0v) is 15.0. The number of nitrogens with zero attached hydrogens (tertiary/aromatic N) is 4. The van der Waals surface area contributed by atoms with Crippen LogP contribution >= 0.6 is 0 Å². The monoisotopic (exact) mass is 336 g/mol. The van der Waals surface area contributed by atoms with Gasteiger partial charge in [0.1, 0.15) is 0 Å². The van der Waals surface area contributed by atoms with Gasteiger partial charge in [-0.25, -0.2) is 4.98 Å². The van der Waals surface area contributed by atoms with Crippen LogP contribution in [0, 0.1) is 0 Å². The SMILES string of the molecule is CCCCc1ccc(N=Nc2c(C(C)C)nc3c(O)cccn23)cc1. The molecule has 0 fully saturated rings. The smallest absolute Gasteiger partial charge is 0.183 e. The molecule has 0 unspecified atom stereocenters. The lowest BCUT2D eigenvalue weighted by Crippen LogP contribution is -1.87. The van der Waals surface area contributed by atoms with Crippen LogP contribution in [0.5, 0.6) is 5.75 Å². The Morgan fingerprint density at radius 3 is 2.56 bits per heavy atom. The summed E-state index contributed by atoms with van der Waals surface area (Å²) in [7, 11) is 0. The number of rotatable bonds is 6. The molecule has 5 heteroatoms.